The topological polar surface area (TPSA) is 100 Å². The molecule has 1 aromatic carbocycles. The smallest absolute Gasteiger partial charge is 0.407 e. The molecule has 34 heavy (non-hydrogen) atoms. The first kappa shape index (κ1) is 24.3. The number of hydrogen-bond donors (Lipinski definition) is 2. The van der Waals surface area contributed by atoms with Crippen LogP contribution in [0.2, 0.25) is 0 Å². The van der Waals surface area contributed by atoms with Gasteiger partial charge in [-0.1, -0.05) is 27.2 Å². The molecule has 2 atom stereocenters. The minimum Gasteiger partial charge on any atom is -0.493 e. The van der Waals surface area contributed by atoms with Crippen LogP contribution in [0.3, 0.4) is 0 Å². The molecule has 0 radical (unpaired) electrons. The average Bonchev–Trinajstić information content (AvgIpc) is 2.83. The largest absolute Gasteiger partial charge is 0.493 e. The summed E-state index contributed by atoms with van der Waals surface area (Å²) in [6, 6.07) is 4.22. The highest BCUT2D eigenvalue weighted by Crippen LogP contribution is 2.37. The number of carbonyl (C=O) groups is 1. The summed E-state index contributed by atoms with van der Waals surface area (Å²) in [5, 5.41) is 14.1. The van der Waals surface area contributed by atoms with E-state index < -0.39 is 6.09 Å². The number of fused-ring (bicyclic) bond motifs is 1. The van der Waals surface area contributed by atoms with Crippen LogP contribution in [0.4, 0.5) is 10.6 Å². The number of piperazine rings is 1. The van der Waals surface area contributed by atoms with Gasteiger partial charge in [-0.25, -0.2) is 14.8 Å². The van der Waals surface area contributed by atoms with E-state index in [2.05, 4.69) is 41.0 Å². The van der Waals surface area contributed by atoms with Gasteiger partial charge in [0.1, 0.15) is 12.1 Å². The normalized spacial score (nSPS) is 21.5. The molecular weight excluding hydrogens is 434 g/mol. The van der Waals surface area contributed by atoms with Crippen molar-refractivity contribution >= 4 is 22.8 Å². The summed E-state index contributed by atoms with van der Waals surface area (Å²) in [4.78, 5) is 24.6. The molecule has 1 aromatic heterocycles. The molecule has 9 nitrogen and oxygen atoms in total. The lowest BCUT2D eigenvalue weighted by atomic mass is 9.84. The van der Waals surface area contributed by atoms with Gasteiger partial charge in [0.25, 0.3) is 0 Å². The number of rotatable bonds is 6. The first-order valence-electron chi connectivity index (χ1n) is 12.2. The lowest BCUT2D eigenvalue weighted by molar-refractivity contribution is 0.0747. The van der Waals surface area contributed by atoms with Gasteiger partial charge < -0.3 is 29.7 Å². The number of aromatic nitrogens is 2. The summed E-state index contributed by atoms with van der Waals surface area (Å²) in [5.74, 6) is 2.12. The van der Waals surface area contributed by atoms with Gasteiger partial charge in [-0.2, -0.15) is 0 Å². The van der Waals surface area contributed by atoms with Gasteiger partial charge in [-0.3, -0.25) is 0 Å². The van der Waals surface area contributed by atoms with Gasteiger partial charge in [0, 0.05) is 37.1 Å². The Morgan fingerprint density at radius 2 is 2.03 bits per heavy atom. The zero-order valence-electron chi connectivity index (χ0n) is 20.7. The summed E-state index contributed by atoms with van der Waals surface area (Å²) >= 11 is 0. The first-order valence-corrected chi connectivity index (χ1v) is 12.2. The number of nitrogens with one attached hydrogen (secondary N) is 1. The highest BCUT2D eigenvalue weighted by Gasteiger charge is 2.38. The van der Waals surface area contributed by atoms with Gasteiger partial charge in [-0.15, -0.1) is 0 Å². The van der Waals surface area contributed by atoms with E-state index in [0.717, 1.165) is 29.7 Å². The van der Waals surface area contributed by atoms with E-state index in [-0.39, 0.29) is 11.5 Å². The van der Waals surface area contributed by atoms with E-state index in [9.17, 15) is 9.90 Å². The fourth-order valence-corrected chi connectivity index (χ4v) is 5.00. The van der Waals surface area contributed by atoms with Crippen LogP contribution in [0.5, 0.6) is 11.5 Å². The Morgan fingerprint density at radius 1 is 1.21 bits per heavy atom. The summed E-state index contributed by atoms with van der Waals surface area (Å²) in [7, 11) is 1.64. The number of anilines is 1. The molecule has 2 saturated heterocycles. The third kappa shape index (κ3) is 5.29. The zero-order valence-corrected chi connectivity index (χ0v) is 20.7. The SMILES string of the molecule is COc1cc2c(N3CCN(C(=O)O)C(C(C)(C)C)C3)ncnc2cc1OCCC1CCCCN1. The van der Waals surface area contributed by atoms with Crippen molar-refractivity contribution in [3.63, 3.8) is 0 Å². The molecule has 4 rings (SSSR count). The molecule has 2 aliphatic heterocycles. The molecule has 2 fully saturated rings. The molecule has 2 unspecified atom stereocenters. The average molecular weight is 472 g/mol. The number of nitrogens with zero attached hydrogens (tertiary/aromatic N) is 4. The van der Waals surface area contributed by atoms with Crippen LogP contribution < -0.4 is 19.7 Å². The van der Waals surface area contributed by atoms with Crippen molar-refractivity contribution in [1.29, 1.82) is 0 Å². The number of benzene rings is 1. The molecule has 0 bridgehead atoms. The van der Waals surface area contributed by atoms with Crippen molar-refractivity contribution in [2.75, 3.05) is 44.8 Å². The van der Waals surface area contributed by atoms with Gasteiger partial charge in [-0.05, 0) is 37.3 Å². The fraction of sp³-hybridized carbons (Fsp3) is 0.640. The number of carboxylic acid groups (broad SMARTS) is 1. The van der Waals surface area contributed by atoms with Gasteiger partial charge in [0.15, 0.2) is 11.5 Å². The Labute approximate surface area is 201 Å². The van der Waals surface area contributed by atoms with Crippen LogP contribution in [-0.4, -0.2) is 78.0 Å². The molecule has 3 heterocycles. The molecule has 0 spiro atoms. The van der Waals surface area contributed by atoms with Crippen LogP contribution in [0.1, 0.15) is 46.5 Å². The molecule has 0 saturated carbocycles. The number of methoxy groups -OCH3 is 1. The van der Waals surface area contributed by atoms with E-state index in [1.54, 1.807) is 18.3 Å². The number of piperidine rings is 1. The van der Waals surface area contributed by atoms with Crippen LogP contribution in [0.15, 0.2) is 18.5 Å². The maximum absolute atomic E-state index is 11.8. The molecular formula is C25H37N5O4. The summed E-state index contributed by atoms with van der Waals surface area (Å²) in [6.07, 6.45) is 5.36. The van der Waals surface area contributed by atoms with E-state index in [1.807, 2.05) is 12.1 Å². The van der Waals surface area contributed by atoms with Crippen molar-refractivity contribution in [2.24, 2.45) is 5.41 Å². The summed E-state index contributed by atoms with van der Waals surface area (Å²) < 4.78 is 11.8. The molecule has 186 valence electrons. The van der Waals surface area contributed by atoms with Crippen molar-refractivity contribution in [1.82, 2.24) is 20.2 Å². The van der Waals surface area contributed by atoms with Gasteiger partial charge >= 0.3 is 6.09 Å². The van der Waals surface area contributed by atoms with E-state index >= 15 is 0 Å². The molecule has 2 N–H and O–H groups in total. The molecule has 1 amide bonds. The monoisotopic (exact) mass is 471 g/mol. The minimum absolute atomic E-state index is 0.151. The lowest BCUT2D eigenvalue weighted by Crippen LogP contribution is -2.59. The first-order chi connectivity index (χ1) is 16.3. The second-order valence-corrected chi connectivity index (χ2v) is 10.3. The number of amides is 1. The van der Waals surface area contributed by atoms with Crippen molar-refractivity contribution in [3.8, 4) is 11.5 Å². The van der Waals surface area contributed by atoms with Crippen molar-refractivity contribution in [2.45, 2.75) is 58.5 Å². The standard InChI is InChI=1S/C25H37N5O4/c1-25(2,3)22-15-29(10-11-30(22)24(31)32)23-18-13-20(33-4)21(14-19(18)27-16-28-23)34-12-8-17-7-5-6-9-26-17/h13-14,16-17,22,26H,5-12,15H2,1-4H3,(H,31,32). The Balaban J connectivity index is 1.56. The van der Waals surface area contributed by atoms with Crippen molar-refractivity contribution in [3.05, 3.63) is 18.5 Å². The highest BCUT2D eigenvalue weighted by molar-refractivity contribution is 5.92. The Hall–Kier alpha value is -2.81. The molecule has 2 aliphatic rings. The lowest BCUT2D eigenvalue weighted by Gasteiger charge is -2.46. The third-order valence-corrected chi connectivity index (χ3v) is 6.96. The van der Waals surface area contributed by atoms with E-state index in [0.29, 0.717) is 43.8 Å². The molecule has 9 heteroatoms. The summed E-state index contributed by atoms with van der Waals surface area (Å²) in [5.41, 5.74) is 0.579. The second kappa shape index (κ2) is 10.2. The minimum atomic E-state index is -0.876. The second-order valence-electron chi connectivity index (χ2n) is 10.3. The maximum atomic E-state index is 11.8. The van der Waals surface area contributed by atoms with E-state index in [4.69, 9.17) is 9.47 Å². The van der Waals surface area contributed by atoms with Crippen LogP contribution in [0, 0.1) is 5.41 Å². The predicted molar refractivity (Wildman–Crippen MR) is 132 cm³/mol. The quantitative estimate of drug-likeness (QED) is 0.657. The van der Waals surface area contributed by atoms with Crippen LogP contribution in [-0.2, 0) is 0 Å². The maximum Gasteiger partial charge on any atom is 0.407 e. The van der Waals surface area contributed by atoms with Gasteiger partial charge in [0.05, 0.1) is 25.3 Å². The van der Waals surface area contributed by atoms with Crippen molar-refractivity contribution < 1.29 is 19.4 Å². The Morgan fingerprint density at radius 3 is 2.71 bits per heavy atom. The molecule has 2 aromatic rings. The fourth-order valence-electron chi connectivity index (χ4n) is 5.00. The summed E-state index contributed by atoms with van der Waals surface area (Å²) in [6.45, 7) is 9.48. The number of ether oxygens (including phenoxy) is 2. The van der Waals surface area contributed by atoms with E-state index in [1.165, 1.54) is 19.3 Å². The highest BCUT2D eigenvalue weighted by atomic mass is 16.5. The van der Waals surface area contributed by atoms with Gasteiger partial charge in [0.2, 0.25) is 0 Å². The zero-order chi connectivity index (χ0) is 24.3. The predicted octanol–water partition coefficient (Wildman–Crippen LogP) is 3.76. The molecule has 0 aliphatic carbocycles. The Bertz CT molecular complexity index is 1000. The Kier molecular flexibility index (Phi) is 7.30. The third-order valence-electron chi connectivity index (χ3n) is 6.96. The van der Waals surface area contributed by atoms with Crippen LogP contribution >= 0.6 is 0 Å². The van der Waals surface area contributed by atoms with Crippen LogP contribution in [0.25, 0.3) is 10.9 Å². The number of hydrogen-bond acceptors (Lipinski definition) is 7.